The van der Waals surface area contributed by atoms with E-state index in [2.05, 4.69) is 9.80 Å². The molecule has 33 heavy (non-hydrogen) atoms. The fraction of sp³-hybridized carbons (Fsp3) is 0.682. The lowest BCUT2D eigenvalue weighted by Gasteiger charge is -2.38. The highest BCUT2D eigenvalue weighted by Gasteiger charge is 2.35. The number of hydrogen-bond donors (Lipinski definition) is 0. The van der Waals surface area contributed by atoms with E-state index in [9.17, 15) is 21.6 Å². The van der Waals surface area contributed by atoms with Crippen molar-refractivity contribution < 1.29 is 21.6 Å². The second kappa shape index (κ2) is 9.52. The Labute approximate surface area is 197 Å². The van der Waals surface area contributed by atoms with E-state index in [0.29, 0.717) is 38.2 Å². The Bertz CT molecular complexity index is 1090. The molecule has 4 rings (SSSR count). The molecule has 0 radical (unpaired) electrons. The van der Waals surface area contributed by atoms with Gasteiger partial charge in [-0.2, -0.15) is 0 Å². The van der Waals surface area contributed by atoms with Crippen LogP contribution in [0.25, 0.3) is 0 Å². The zero-order chi connectivity index (χ0) is 23.8. The number of sulfonamides is 1. The molecule has 0 N–H and O–H groups in total. The van der Waals surface area contributed by atoms with Crippen LogP contribution in [-0.4, -0.2) is 108 Å². The summed E-state index contributed by atoms with van der Waals surface area (Å²) in [5, 5.41) is 0. The van der Waals surface area contributed by atoms with Crippen LogP contribution in [0.5, 0.6) is 0 Å². The fourth-order valence-electron chi connectivity index (χ4n) is 4.99. The number of amides is 1. The number of rotatable bonds is 5. The fourth-order valence-corrected chi connectivity index (χ4v) is 7.68. The molecule has 0 unspecified atom stereocenters. The molecule has 0 aliphatic carbocycles. The van der Waals surface area contributed by atoms with Gasteiger partial charge in [0.05, 0.1) is 22.0 Å². The maximum absolute atomic E-state index is 13.6. The van der Waals surface area contributed by atoms with Crippen molar-refractivity contribution in [3.05, 3.63) is 23.8 Å². The molecule has 0 spiro atoms. The van der Waals surface area contributed by atoms with Crippen LogP contribution in [-0.2, 0) is 19.9 Å². The lowest BCUT2D eigenvalue weighted by molar-refractivity contribution is 0.0588. The van der Waals surface area contributed by atoms with Crippen molar-refractivity contribution in [3.63, 3.8) is 0 Å². The van der Waals surface area contributed by atoms with Crippen molar-refractivity contribution in [2.45, 2.75) is 36.6 Å². The summed E-state index contributed by atoms with van der Waals surface area (Å²) in [7, 11) is -3.65. The molecule has 3 aliphatic rings. The van der Waals surface area contributed by atoms with Gasteiger partial charge in [0, 0.05) is 65.1 Å². The number of nitrogens with zero attached hydrogens (tertiary/aromatic N) is 4. The molecule has 184 valence electrons. The van der Waals surface area contributed by atoms with Gasteiger partial charge in [0.2, 0.25) is 10.0 Å². The third-order valence-corrected chi connectivity index (χ3v) is 10.6. The summed E-state index contributed by atoms with van der Waals surface area (Å²) in [6.45, 7) is 3.95. The molecule has 0 bridgehead atoms. The molecule has 3 saturated heterocycles. The van der Waals surface area contributed by atoms with Gasteiger partial charge in [0.1, 0.15) is 0 Å². The van der Waals surface area contributed by atoms with Crippen LogP contribution in [0.4, 0.5) is 5.69 Å². The average Bonchev–Trinajstić information content (AvgIpc) is 3.18. The van der Waals surface area contributed by atoms with Gasteiger partial charge in [0.15, 0.2) is 9.84 Å². The van der Waals surface area contributed by atoms with Crippen molar-refractivity contribution in [3.8, 4) is 0 Å². The maximum atomic E-state index is 13.6. The smallest absolute Gasteiger partial charge is 0.256 e. The average molecular weight is 499 g/mol. The molecule has 1 aromatic rings. The molecule has 9 nitrogen and oxygen atoms in total. The summed E-state index contributed by atoms with van der Waals surface area (Å²) in [4.78, 5) is 19.9. The zero-order valence-corrected chi connectivity index (χ0v) is 21.1. The molecule has 0 saturated carbocycles. The van der Waals surface area contributed by atoms with Crippen molar-refractivity contribution in [1.82, 2.24) is 14.1 Å². The molecule has 11 heteroatoms. The van der Waals surface area contributed by atoms with Gasteiger partial charge in [-0.15, -0.1) is 0 Å². The molecule has 1 aromatic carbocycles. The van der Waals surface area contributed by atoms with Gasteiger partial charge in [-0.3, -0.25) is 9.69 Å². The lowest BCUT2D eigenvalue weighted by atomic mass is 10.1. The van der Waals surface area contributed by atoms with E-state index in [-0.39, 0.29) is 28.4 Å². The van der Waals surface area contributed by atoms with E-state index in [0.717, 1.165) is 42.3 Å². The topological polar surface area (TPSA) is 98.3 Å². The molecular formula is C22H34N4O5S2. The molecule has 3 aliphatic heterocycles. The van der Waals surface area contributed by atoms with Crippen LogP contribution in [0.2, 0.25) is 0 Å². The predicted octanol–water partition coefficient (Wildman–Crippen LogP) is 0.872. The number of piperidine rings is 1. The Hall–Kier alpha value is -1.69. The Morgan fingerprint density at radius 1 is 1.00 bits per heavy atom. The number of anilines is 1. The van der Waals surface area contributed by atoms with Gasteiger partial charge >= 0.3 is 0 Å². The number of carbonyl (C=O) groups excluding carboxylic acids is 1. The van der Waals surface area contributed by atoms with Gasteiger partial charge in [-0.05, 0) is 43.9 Å². The van der Waals surface area contributed by atoms with Crippen molar-refractivity contribution >= 4 is 31.5 Å². The standard InChI is InChI=1S/C22H34N4O5S2/c1-23(2)33(30,31)19-6-7-21(25-9-4-3-5-10-25)20(16-19)22(27)26-13-11-24(12-14-26)18-8-15-32(28,29)17-18/h6-7,16,18H,3-5,8-15,17H2,1-2H3/t18-/m1/s1. The van der Waals surface area contributed by atoms with E-state index in [1.165, 1.54) is 20.2 Å². The molecule has 1 amide bonds. The molecular weight excluding hydrogens is 464 g/mol. The van der Waals surface area contributed by atoms with Gasteiger partial charge in [0.25, 0.3) is 5.91 Å². The highest BCUT2D eigenvalue weighted by atomic mass is 32.2. The monoisotopic (exact) mass is 498 g/mol. The van der Waals surface area contributed by atoms with Crippen molar-refractivity contribution in [1.29, 1.82) is 0 Å². The number of piperazine rings is 1. The van der Waals surface area contributed by atoms with E-state index in [4.69, 9.17) is 0 Å². The molecule has 0 aromatic heterocycles. The van der Waals surface area contributed by atoms with Crippen LogP contribution >= 0.6 is 0 Å². The Balaban J connectivity index is 1.56. The Morgan fingerprint density at radius 2 is 1.67 bits per heavy atom. The number of benzene rings is 1. The van der Waals surface area contributed by atoms with E-state index >= 15 is 0 Å². The summed E-state index contributed by atoms with van der Waals surface area (Å²) >= 11 is 0. The van der Waals surface area contributed by atoms with E-state index < -0.39 is 19.9 Å². The van der Waals surface area contributed by atoms with Crippen LogP contribution in [0, 0.1) is 0 Å². The molecule has 3 heterocycles. The largest absolute Gasteiger partial charge is 0.371 e. The molecule has 3 fully saturated rings. The summed E-state index contributed by atoms with van der Waals surface area (Å²) in [5.74, 6) is 0.276. The number of carbonyl (C=O) groups is 1. The van der Waals surface area contributed by atoms with Crippen LogP contribution in [0.15, 0.2) is 23.1 Å². The first-order valence-corrected chi connectivity index (χ1v) is 14.9. The predicted molar refractivity (Wildman–Crippen MR) is 128 cm³/mol. The summed E-state index contributed by atoms with van der Waals surface area (Å²) in [6, 6.07) is 4.92. The number of hydrogen-bond acceptors (Lipinski definition) is 7. The minimum atomic E-state index is -3.66. The second-order valence-corrected chi connectivity index (χ2v) is 13.8. The van der Waals surface area contributed by atoms with Crippen LogP contribution in [0.1, 0.15) is 36.0 Å². The van der Waals surface area contributed by atoms with E-state index in [1.54, 1.807) is 17.0 Å². The van der Waals surface area contributed by atoms with Gasteiger partial charge in [-0.25, -0.2) is 21.1 Å². The van der Waals surface area contributed by atoms with Crippen molar-refractivity contribution in [2.75, 3.05) is 69.8 Å². The minimum absolute atomic E-state index is 0.0322. The maximum Gasteiger partial charge on any atom is 0.256 e. The summed E-state index contributed by atoms with van der Waals surface area (Å²) in [6.07, 6.45) is 3.91. The second-order valence-electron chi connectivity index (χ2n) is 9.40. The lowest BCUT2D eigenvalue weighted by Crippen LogP contribution is -2.52. The van der Waals surface area contributed by atoms with Crippen LogP contribution in [0.3, 0.4) is 0 Å². The number of sulfone groups is 1. The Kier molecular flexibility index (Phi) is 7.05. The summed E-state index contributed by atoms with van der Waals surface area (Å²) in [5.41, 5.74) is 1.22. The third-order valence-electron chi connectivity index (χ3n) is 7.00. The summed E-state index contributed by atoms with van der Waals surface area (Å²) < 4.78 is 50.3. The minimum Gasteiger partial charge on any atom is -0.371 e. The van der Waals surface area contributed by atoms with E-state index in [1.807, 2.05) is 0 Å². The highest BCUT2D eigenvalue weighted by Crippen LogP contribution is 2.29. The Morgan fingerprint density at radius 3 is 2.24 bits per heavy atom. The first kappa shape index (κ1) is 24.4. The quantitative estimate of drug-likeness (QED) is 0.594. The van der Waals surface area contributed by atoms with Gasteiger partial charge in [-0.1, -0.05) is 0 Å². The van der Waals surface area contributed by atoms with Crippen molar-refractivity contribution in [2.24, 2.45) is 0 Å². The first-order valence-electron chi connectivity index (χ1n) is 11.6. The zero-order valence-electron chi connectivity index (χ0n) is 19.4. The van der Waals surface area contributed by atoms with Gasteiger partial charge < -0.3 is 9.80 Å². The first-order chi connectivity index (χ1) is 15.6. The molecule has 1 atom stereocenters. The van der Waals surface area contributed by atoms with Crippen LogP contribution < -0.4 is 4.90 Å². The SMILES string of the molecule is CN(C)S(=O)(=O)c1ccc(N2CCCCC2)c(C(=O)N2CCN([C@@H]3CCS(=O)(=O)C3)CC2)c1. The highest BCUT2D eigenvalue weighted by molar-refractivity contribution is 7.91. The normalized spacial score (nSPS) is 24.4. The third kappa shape index (κ3) is 5.21.